The average Bonchev–Trinajstić information content (AvgIpc) is 2.17. The first-order chi connectivity index (χ1) is 6.77. The molecule has 0 saturated carbocycles. The van der Waals surface area contributed by atoms with Crippen molar-refractivity contribution in [3.63, 3.8) is 0 Å². The summed E-state index contributed by atoms with van der Waals surface area (Å²) in [5, 5.41) is 0. The van der Waals surface area contributed by atoms with Crippen molar-refractivity contribution >= 4 is 9.84 Å². The van der Waals surface area contributed by atoms with Crippen molar-refractivity contribution in [2.24, 2.45) is 0 Å². The van der Waals surface area contributed by atoms with Crippen LogP contribution in [0.4, 0.5) is 0 Å². The van der Waals surface area contributed by atoms with E-state index < -0.39 is 9.84 Å². The van der Waals surface area contributed by atoms with Gasteiger partial charge < -0.3 is 0 Å². The Bertz CT molecular complexity index is 444. The second kappa shape index (κ2) is 3.97. The highest BCUT2D eigenvalue weighted by Gasteiger charge is 2.19. The molecule has 0 spiro atoms. The van der Waals surface area contributed by atoms with Gasteiger partial charge in [0.25, 0.3) is 0 Å². The minimum Gasteiger partial charge on any atom is -0.224 e. The highest BCUT2D eigenvalue weighted by Crippen LogP contribution is 2.28. The van der Waals surface area contributed by atoms with Crippen LogP contribution < -0.4 is 0 Å². The quantitative estimate of drug-likeness (QED) is 0.794. The zero-order valence-corrected chi connectivity index (χ0v) is 10.6. The van der Waals surface area contributed by atoms with Crippen molar-refractivity contribution in [1.82, 2.24) is 0 Å². The molecule has 84 valence electrons. The second-order valence-electron chi connectivity index (χ2n) is 4.54. The molecule has 0 aliphatic rings. The zero-order valence-electron chi connectivity index (χ0n) is 9.74. The summed E-state index contributed by atoms with van der Waals surface area (Å²) in [6.45, 7) is 6.34. The fourth-order valence-corrected chi connectivity index (χ4v) is 2.02. The van der Waals surface area contributed by atoms with Crippen LogP contribution in [-0.2, 0) is 15.3 Å². The van der Waals surface area contributed by atoms with Crippen molar-refractivity contribution in [3.05, 3.63) is 29.8 Å². The maximum Gasteiger partial charge on any atom is 0.175 e. The summed E-state index contributed by atoms with van der Waals surface area (Å²) in [5.74, 6) is 0. The molecule has 2 nitrogen and oxygen atoms in total. The van der Waals surface area contributed by atoms with Crippen molar-refractivity contribution < 1.29 is 8.42 Å². The summed E-state index contributed by atoms with van der Waals surface area (Å²) < 4.78 is 22.8. The number of sulfone groups is 1. The fraction of sp³-hybridized carbons (Fsp3) is 0.500. The zero-order chi connectivity index (χ0) is 11.7. The van der Waals surface area contributed by atoms with Crippen LogP contribution in [0.15, 0.2) is 29.2 Å². The molecule has 0 aliphatic carbocycles. The van der Waals surface area contributed by atoms with E-state index in [0.29, 0.717) is 4.90 Å². The summed E-state index contributed by atoms with van der Waals surface area (Å²) in [7, 11) is -3.09. The molecule has 0 radical (unpaired) electrons. The lowest BCUT2D eigenvalue weighted by Gasteiger charge is -2.23. The first-order valence-corrected chi connectivity index (χ1v) is 6.97. The van der Waals surface area contributed by atoms with Crippen LogP contribution in [0.3, 0.4) is 0 Å². The van der Waals surface area contributed by atoms with E-state index >= 15 is 0 Å². The smallest absolute Gasteiger partial charge is 0.175 e. The molecular weight excluding hydrogens is 208 g/mol. The van der Waals surface area contributed by atoms with Gasteiger partial charge in [0.2, 0.25) is 0 Å². The van der Waals surface area contributed by atoms with Crippen LogP contribution in [0.1, 0.15) is 32.8 Å². The molecule has 15 heavy (non-hydrogen) atoms. The van der Waals surface area contributed by atoms with Gasteiger partial charge in [-0.2, -0.15) is 0 Å². The minimum absolute atomic E-state index is 0.0285. The third kappa shape index (κ3) is 2.81. The summed E-state index contributed by atoms with van der Waals surface area (Å²) in [5.41, 5.74) is 1.11. The van der Waals surface area contributed by atoms with Crippen molar-refractivity contribution in [2.75, 3.05) is 6.26 Å². The van der Waals surface area contributed by atoms with Crippen LogP contribution in [0.25, 0.3) is 0 Å². The predicted molar refractivity (Wildman–Crippen MR) is 62.9 cm³/mol. The molecule has 0 atom stereocenters. The Morgan fingerprint density at radius 1 is 1.27 bits per heavy atom. The van der Waals surface area contributed by atoms with E-state index in [2.05, 4.69) is 20.8 Å². The van der Waals surface area contributed by atoms with Crippen LogP contribution in [0.2, 0.25) is 0 Å². The van der Waals surface area contributed by atoms with Gasteiger partial charge in [0.15, 0.2) is 9.84 Å². The summed E-state index contributed by atoms with van der Waals surface area (Å²) in [4.78, 5) is 0.404. The van der Waals surface area contributed by atoms with Gasteiger partial charge in [-0.3, -0.25) is 0 Å². The molecule has 0 aromatic heterocycles. The van der Waals surface area contributed by atoms with Gasteiger partial charge >= 0.3 is 0 Å². The summed E-state index contributed by atoms with van der Waals surface area (Å²) in [6, 6.07) is 7.21. The Hall–Kier alpha value is -0.830. The Morgan fingerprint density at radius 3 is 2.33 bits per heavy atom. The normalized spacial score (nSPS) is 12.8. The monoisotopic (exact) mass is 226 g/mol. The third-order valence-electron chi connectivity index (χ3n) is 2.93. The Labute approximate surface area is 92.2 Å². The molecule has 3 heteroatoms. The highest BCUT2D eigenvalue weighted by atomic mass is 32.2. The average molecular weight is 226 g/mol. The van der Waals surface area contributed by atoms with E-state index in [1.54, 1.807) is 12.1 Å². The topological polar surface area (TPSA) is 34.1 Å². The molecule has 0 unspecified atom stereocenters. The maximum absolute atomic E-state index is 11.4. The third-order valence-corrected chi connectivity index (χ3v) is 4.04. The number of benzene rings is 1. The lowest BCUT2D eigenvalue weighted by atomic mass is 9.82. The fourth-order valence-electron chi connectivity index (χ4n) is 1.35. The standard InChI is InChI=1S/C12H18O2S/c1-5-12(2,3)10-7-6-8-11(9-10)15(4,13)14/h6-9H,5H2,1-4H3. The van der Waals surface area contributed by atoms with Crippen LogP contribution >= 0.6 is 0 Å². The number of hydrogen-bond donors (Lipinski definition) is 0. The van der Waals surface area contributed by atoms with E-state index in [0.717, 1.165) is 12.0 Å². The molecule has 1 aromatic carbocycles. The molecule has 0 bridgehead atoms. The second-order valence-corrected chi connectivity index (χ2v) is 6.55. The molecule has 1 aromatic rings. The Kier molecular flexibility index (Phi) is 3.24. The lowest BCUT2D eigenvalue weighted by molar-refractivity contribution is 0.505. The number of hydrogen-bond acceptors (Lipinski definition) is 2. The van der Waals surface area contributed by atoms with Gasteiger partial charge in [0, 0.05) is 6.26 Å². The molecule has 0 amide bonds. The first kappa shape index (κ1) is 12.2. The summed E-state index contributed by atoms with van der Waals surface area (Å²) in [6.07, 6.45) is 2.23. The van der Waals surface area contributed by atoms with Gasteiger partial charge in [-0.1, -0.05) is 32.9 Å². The molecule has 0 N–H and O–H groups in total. The van der Waals surface area contributed by atoms with Crippen LogP contribution in [0, 0.1) is 0 Å². The van der Waals surface area contributed by atoms with Crippen LogP contribution in [0.5, 0.6) is 0 Å². The molecular formula is C12H18O2S. The predicted octanol–water partition coefficient (Wildman–Crippen LogP) is 2.78. The van der Waals surface area contributed by atoms with E-state index in [1.807, 2.05) is 12.1 Å². The molecule has 0 saturated heterocycles. The van der Waals surface area contributed by atoms with Crippen molar-refractivity contribution in [3.8, 4) is 0 Å². The maximum atomic E-state index is 11.4. The molecule has 0 aliphatic heterocycles. The van der Waals surface area contributed by atoms with Crippen LogP contribution in [-0.4, -0.2) is 14.7 Å². The molecule has 0 fully saturated rings. The molecule has 0 heterocycles. The molecule has 1 rings (SSSR count). The SMILES string of the molecule is CCC(C)(C)c1cccc(S(C)(=O)=O)c1. The van der Waals surface area contributed by atoms with E-state index in [9.17, 15) is 8.42 Å². The van der Waals surface area contributed by atoms with E-state index in [-0.39, 0.29) is 5.41 Å². The lowest BCUT2D eigenvalue weighted by Crippen LogP contribution is -2.15. The van der Waals surface area contributed by atoms with Gasteiger partial charge in [0.1, 0.15) is 0 Å². The Morgan fingerprint density at radius 2 is 1.87 bits per heavy atom. The summed E-state index contributed by atoms with van der Waals surface area (Å²) >= 11 is 0. The van der Waals surface area contributed by atoms with E-state index in [4.69, 9.17) is 0 Å². The minimum atomic E-state index is -3.09. The van der Waals surface area contributed by atoms with E-state index in [1.165, 1.54) is 6.26 Å². The van der Waals surface area contributed by atoms with Gasteiger partial charge in [0.05, 0.1) is 4.90 Å². The first-order valence-electron chi connectivity index (χ1n) is 5.08. The van der Waals surface area contributed by atoms with Gasteiger partial charge in [-0.05, 0) is 29.5 Å². The van der Waals surface area contributed by atoms with Crippen molar-refractivity contribution in [2.45, 2.75) is 37.5 Å². The van der Waals surface area contributed by atoms with Gasteiger partial charge in [-0.15, -0.1) is 0 Å². The number of rotatable bonds is 3. The highest BCUT2D eigenvalue weighted by molar-refractivity contribution is 7.90. The van der Waals surface area contributed by atoms with Crippen molar-refractivity contribution in [1.29, 1.82) is 0 Å². The van der Waals surface area contributed by atoms with Gasteiger partial charge in [-0.25, -0.2) is 8.42 Å². The Balaban J connectivity index is 3.26. The largest absolute Gasteiger partial charge is 0.224 e.